The minimum absolute atomic E-state index is 0.182. The van der Waals surface area contributed by atoms with Crippen LogP contribution in [0.3, 0.4) is 0 Å². The number of carbonyl (C=O) groups is 1. The molecule has 2 aliphatic carbocycles. The van der Waals surface area contributed by atoms with E-state index in [-0.39, 0.29) is 17.4 Å². The van der Waals surface area contributed by atoms with E-state index >= 15 is 0 Å². The first-order valence-corrected chi connectivity index (χ1v) is 9.14. The molecule has 0 aromatic heterocycles. The fourth-order valence-electron chi connectivity index (χ4n) is 4.58. The van der Waals surface area contributed by atoms with Gasteiger partial charge in [0, 0.05) is 11.0 Å². The molecule has 0 unspecified atom stereocenters. The number of ether oxygens (including phenoxy) is 1. The Kier molecular flexibility index (Phi) is 4.30. The Balaban J connectivity index is 1.48. The van der Waals surface area contributed by atoms with E-state index in [9.17, 15) is 4.79 Å². The highest BCUT2D eigenvalue weighted by molar-refractivity contribution is 6.05. The van der Waals surface area contributed by atoms with Crippen LogP contribution in [0.5, 0.6) is 0 Å². The van der Waals surface area contributed by atoms with Gasteiger partial charge in [-0.2, -0.15) is 0 Å². The summed E-state index contributed by atoms with van der Waals surface area (Å²) in [4.78, 5) is 13.1. The predicted octanol–water partition coefficient (Wildman–Crippen LogP) is 4.98. The monoisotopic (exact) mass is 332 g/mol. The van der Waals surface area contributed by atoms with Gasteiger partial charge in [0.05, 0.1) is 12.7 Å². The summed E-state index contributed by atoms with van der Waals surface area (Å²) >= 11 is 0. The molecule has 4 rings (SSSR count). The van der Waals surface area contributed by atoms with Crippen molar-refractivity contribution in [2.75, 3.05) is 0 Å². The second kappa shape index (κ2) is 6.61. The van der Waals surface area contributed by atoms with E-state index in [4.69, 9.17) is 4.74 Å². The molecule has 2 nitrogen and oxygen atoms in total. The van der Waals surface area contributed by atoms with Crippen LogP contribution in [0.4, 0.5) is 0 Å². The molecule has 3 atom stereocenters. The number of rotatable bonds is 4. The third kappa shape index (κ3) is 2.85. The second-order valence-electron chi connectivity index (χ2n) is 7.35. The number of Topliss-reactive ketones (excluding diaryl/α,β-unsaturated/α-hetero) is 1. The third-order valence-corrected chi connectivity index (χ3v) is 5.97. The molecule has 25 heavy (non-hydrogen) atoms. The molecule has 0 heterocycles. The topological polar surface area (TPSA) is 26.3 Å². The van der Waals surface area contributed by atoms with Gasteiger partial charge in [-0.25, -0.2) is 0 Å². The molecule has 0 amide bonds. The standard InChI is InChI=1S/C23H24O2/c1-2-19-14-20(25-16-17-8-4-3-5-9-17)12-13-23(19)15-18-10-6-7-11-21(18)22(23)24/h2-11,19-20H,1,12-16H2/t19-,20+,23+/m1/s1. The quantitative estimate of drug-likeness (QED) is 0.738. The van der Waals surface area contributed by atoms with Crippen molar-refractivity contribution in [2.45, 2.75) is 38.4 Å². The van der Waals surface area contributed by atoms with Crippen LogP contribution in [0.25, 0.3) is 0 Å². The van der Waals surface area contributed by atoms with Crippen molar-refractivity contribution in [3.63, 3.8) is 0 Å². The molecule has 128 valence electrons. The van der Waals surface area contributed by atoms with Gasteiger partial charge < -0.3 is 4.74 Å². The third-order valence-electron chi connectivity index (χ3n) is 5.97. The molecule has 0 bridgehead atoms. The maximum Gasteiger partial charge on any atom is 0.170 e. The maximum absolute atomic E-state index is 13.1. The first-order valence-electron chi connectivity index (χ1n) is 9.14. The van der Waals surface area contributed by atoms with E-state index in [0.29, 0.717) is 12.4 Å². The Morgan fingerprint density at radius 3 is 2.64 bits per heavy atom. The lowest BCUT2D eigenvalue weighted by Crippen LogP contribution is -2.42. The molecular formula is C23H24O2. The van der Waals surface area contributed by atoms with Gasteiger partial charge in [-0.05, 0) is 42.7 Å². The van der Waals surface area contributed by atoms with E-state index in [1.807, 2.05) is 42.5 Å². The number of hydrogen-bond acceptors (Lipinski definition) is 2. The number of hydrogen-bond donors (Lipinski definition) is 0. The van der Waals surface area contributed by atoms with Crippen LogP contribution < -0.4 is 0 Å². The number of allylic oxidation sites excluding steroid dienone is 1. The zero-order valence-corrected chi connectivity index (χ0v) is 14.5. The molecule has 2 aliphatic rings. The van der Waals surface area contributed by atoms with Crippen LogP contribution >= 0.6 is 0 Å². The molecular weight excluding hydrogens is 308 g/mol. The van der Waals surface area contributed by atoms with Crippen molar-refractivity contribution in [1.29, 1.82) is 0 Å². The van der Waals surface area contributed by atoms with Crippen molar-refractivity contribution in [3.05, 3.63) is 83.9 Å². The predicted molar refractivity (Wildman–Crippen MR) is 99.5 cm³/mol. The molecule has 0 radical (unpaired) electrons. The highest BCUT2D eigenvalue weighted by atomic mass is 16.5. The Labute approximate surface area is 149 Å². The average molecular weight is 332 g/mol. The molecule has 2 aromatic rings. The Hall–Kier alpha value is -2.19. The summed E-state index contributed by atoms with van der Waals surface area (Å²) in [6.45, 7) is 4.68. The van der Waals surface area contributed by atoms with Crippen molar-refractivity contribution in [2.24, 2.45) is 11.3 Å². The van der Waals surface area contributed by atoms with Crippen LogP contribution in [0, 0.1) is 11.3 Å². The van der Waals surface area contributed by atoms with E-state index in [2.05, 4.69) is 24.8 Å². The minimum Gasteiger partial charge on any atom is -0.374 e. The summed E-state index contributed by atoms with van der Waals surface area (Å²) in [6.07, 6.45) is 5.75. The van der Waals surface area contributed by atoms with Gasteiger partial charge in [0.15, 0.2) is 5.78 Å². The Morgan fingerprint density at radius 2 is 1.88 bits per heavy atom. The summed E-state index contributed by atoms with van der Waals surface area (Å²) in [7, 11) is 0. The first-order chi connectivity index (χ1) is 12.2. The maximum atomic E-state index is 13.1. The van der Waals surface area contributed by atoms with Crippen LogP contribution in [0.2, 0.25) is 0 Å². The molecule has 0 saturated heterocycles. The molecule has 0 N–H and O–H groups in total. The minimum atomic E-state index is -0.294. The summed E-state index contributed by atoms with van der Waals surface area (Å²) in [5.41, 5.74) is 3.01. The van der Waals surface area contributed by atoms with Crippen LogP contribution in [-0.2, 0) is 17.8 Å². The van der Waals surface area contributed by atoms with Gasteiger partial charge in [-0.3, -0.25) is 4.79 Å². The zero-order valence-electron chi connectivity index (χ0n) is 14.5. The largest absolute Gasteiger partial charge is 0.374 e. The van der Waals surface area contributed by atoms with Gasteiger partial charge in [-0.1, -0.05) is 60.7 Å². The molecule has 1 saturated carbocycles. The lowest BCUT2D eigenvalue weighted by molar-refractivity contribution is -0.0233. The summed E-state index contributed by atoms with van der Waals surface area (Å²) in [6, 6.07) is 18.3. The Bertz CT molecular complexity index is 780. The van der Waals surface area contributed by atoms with Gasteiger partial charge in [-0.15, -0.1) is 6.58 Å². The first kappa shape index (κ1) is 16.3. The zero-order chi connectivity index (χ0) is 17.3. The molecule has 2 aromatic carbocycles. The van der Waals surface area contributed by atoms with Gasteiger partial charge in [0.1, 0.15) is 0 Å². The summed E-state index contributed by atoms with van der Waals surface area (Å²) in [5, 5.41) is 0. The molecule has 1 fully saturated rings. The SMILES string of the molecule is C=C[C@@H]1C[C@@H](OCc2ccccc2)CC[C@]12Cc1ccccc1C2=O. The summed E-state index contributed by atoms with van der Waals surface area (Å²) < 4.78 is 6.16. The highest BCUT2D eigenvalue weighted by Gasteiger charge is 2.52. The average Bonchev–Trinajstić information content (AvgIpc) is 2.95. The van der Waals surface area contributed by atoms with Crippen LogP contribution in [-0.4, -0.2) is 11.9 Å². The fourth-order valence-corrected chi connectivity index (χ4v) is 4.58. The van der Waals surface area contributed by atoms with Gasteiger partial charge in [0.2, 0.25) is 0 Å². The number of carbonyl (C=O) groups excluding carboxylic acids is 1. The van der Waals surface area contributed by atoms with Gasteiger partial charge >= 0.3 is 0 Å². The lowest BCUT2D eigenvalue weighted by Gasteiger charge is -2.41. The van der Waals surface area contributed by atoms with Crippen molar-refractivity contribution in [1.82, 2.24) is 0 Å². The van der Waals surface area contributed by atoms with Crippen molar-refractivity contribution >= 4 is 5.78 Å². The molecule has 0 aliphatic heterocycles. The second-order valence-corrected chi connectivity index (χ2v) is 7.35. The molecule has 2 heteroatoms. The van der Waals surface area contributed by atoms with Crippen LogP contribution in [0.15, 0.2) is 67.3 Å². The Morgan fingerprint density at radius 1 is 1.12 bits per heavy atom. The molecule has 1 spiro atoms. The highest BCUT2D eigenvalue weighted by Crippen LogP contribution is 2.51. The van der Waals surface area contributed by atoms with Crippen molar-refractivity contribution in [3.8, 4) is 0 Å². The number of benzene rings is 2. The van der Waals surface area contributed by atoms with Gasteiger partial charge in [0.25, 0.3) is 0 Å². The van der Waals surface area contributed by atoms with Crippen molar-refractivity contribution < 1.29 is 9.53 Å². The lowest BCUT2D eigenvalue weighted by atomic mass is 9.63. The van der Waals surface area contributed by atoms with E-state index < -0.39 is 0 Å². The van der Waals surface area contributed by atoms with E-state index in [0.717, 1.165) is 31.2 Å². The van der Waals surface area contributed by atoms with E-state index in [1.165, 1.54) is 11.1 Å². The number of ketones is 1. The smallest absolute Gasteiger partial charge is 0.170 e. The fraction of sp³-hybridized carbons (Fsp3) is 0.348. The normalized spacial score (nSPS) is 28.1. The summed E-state index contributed by atoms with van der Waals surface area (Å²) in [5.74, 6) is 0.497. The van der Waals surface area contributed by atoms with Crippen LogP contribution in [0.1, 0.15) is 40.7 Å². The van der Waals surface area contributed by atoms with E-state index in [1.54, 1.807) is 0 Å². The number of fused-ring (bicyclic) bond motifs is 1.